The molecule has 1 atom stereocenters. The third kappa shape index (κ3) is 11.5. The number of hydrogen-bond acceptors (Lipinski definition) is 2. The Morgan fingerprint density at radius 1 is 0.710 bits per heavy atom. The maximum Gasteiger partial charge on any atom is 0.163 e. The molecule has 0 N–H and O–H groups in total. The first-order chi connectivity index (χ1) is 15.2. The average molecular weight is 439 g/mol. The van der Waals surface area contributed by atoms with Gasteiger partial charge in [0.2, 0.25) is 0 Å². The third-order valence-corrected chi connectivity index (χ3v) is 6.53. The average Bonchev–Trinajstić information content (AvgIpc) is 2.80. The molecule has 0 saturated carbocycles. The highest BCUT2D eigenvalue weighted by Crippen LogP contribution is 2.15. The summed E-state index contributed by atoms with van der Waals surface area (Å²) >= 11 is 5.51. The van der Waals surface area contributed by atoms with Crippen LogP contribution in [0.25, 0.3) is 0 Å². The van der Waals surface area contributed by atoms with E-state index in [0.29, 0.717) is 11.7 Å². The van der Waals surface area contributed by atoms with Gasteiger partial charge in [-0.15, -0.1) is 0 Å². The third-order valence-electron chi connectivity index (χ3n) is 6.01. The Kier molecular flexibility index (Phi) is 13.2. The molecule has 0 spiro atoms. The Bertz CT molecular complexity index is 707. The number of unbranched alkanes of at least 4 members (excludes halogenated alkanes) is 9. The minimum atomic E-state index is 0.244. The smallest absolute Gasteiger partial charge is 0.163 e. The van der Waals surface area contributed by atoms with Crippen LogP contribution in [0.15, 0.2) is 54.6 Å². The zero-order valence-electron chi connectivity index (χ0n) is 19.8. The van der Waals surface area contributed by atoms with Gasteiger partial charge in [0.1, 0.15) is 6.61 Å². The van der Waals surface area contributed by atoms with Crippen LogP contribution < -0.4 is 0 Å². The molecule has 0 saturated heterocycles. The molecule has 1 nitrogen and oxygen atoms in total. The Labute approximate surface area is 196 Å². The summed E-state index contributed by atoms with van der Waals surface area (Å²) < 4.78 is 5.90. The van der Waals surface area contributed by atoms with Crippen LogP contribution in [0.2, 0.25) is 0 Å². The molecular weight excluding hydrogens is 396 g/mol. The van der Waals surface area contributed by atoms with E-state index in [1.54, 1.807) is 0 Å². The van der Waals surface area contributed by atoms with Gasteiger partial charge in [0.05, 0.1) is 0 Å². The quantitative estimate of drug-likeness (QED) is 0.191. The summed E-state index contributed by atoms with van der Waals surface area (Å²) in [6, 6.07) is 19.4. The fourth-order valence-corrected chi connectivity index (χ4v) is 4.11. The first kappa shape index (κ1) is 25.6. The minimum absolute atomic E-state index is 0.244. The fraction of sp³-hybridized carbons (Fsp3) is 0.552. The lowest BCUT2D eigenvalue weighted by Gasteiger charge is -2.15. The first-order valence-corrected chi connectivity index (χ1v) is 12.9. The molecule has 0 heterocycles. The number of thiocarbonyl (C=S) groups is 1. The predicted octanol–water partition coefficient (Wildman–Crippen LogP) is 8.87. The van der Waals surface area contributed by atoms with Crippen molar-refractivity contribution in [2.24, 2.45) is 5.92 Å². The van der Waals surface area contributed by atoms with E-state index < -0.39 is 0 Å². The molecule has 0 aliphatic carbocycles. The number of rotatable bonds is 16. The van der Waals surface area contributed by atoms with E-state index in [1.807, 2.05) is 6.07 Å². The first-order valence-electron chi connectivity index (χ1n) is 12.5. The van der Waals surface area contributed by atoms with Crippen LogP contribution in [-0.2, 0) is 24.2 Å². The number of aryl methyl sites for hydroxylation is 1. The maximum absolute atomic E-state index is 5.90. The van der Waals surface area contributed by atoms with Gasteiger partial charge in [0, 0.05) is 5.92 Å². The molecule has 31 heavy (non-hydrogen) atoms. The zero-order chi connectivity index (χ0) is 22.2. The van der Waals surface area contributed by atoms with Gasteiger partial charge in [-0.05, 0) is 48.2 Å². The molecule has 0 aliphatic heterocycles. The van der Waals surface area contributed by atoms with Crippen LogP contribution in [0.5, 0.6) is 0 Å². The van der Waals surface area contributed by atoms with Crippen molar-refractivity contribution in [1.82, 2.24) is 0 Å². The SMILES string of the molecule is CCCCCCCCCCCCc1ccc(COC(=S)C(C)Cc2ccccc2)cc1. The Balaban J connectivity index is 1.55. The highest BCUT2D eigenvalue weighted by molar-refractivity contribution is 7.80. The largest absolute Gasteiger partial charge is 0.482 e. The van der Waals surface area contributed by atoms with Gasteiger partial charge in [0.25, 0.3) is 0 Å². The number of benzene rings is 2. The summed E-state index contributed by atoms with van der Waals surface area (Å²) in [5, 5.41) is 0.707. The van der Waals surface area contributed by atoms with E-state index in [-0.39, 0.29) is 5.92 Å². The van der Waals surface area contributed by atoms with E-state index in [1.165, 1.54) is 87.3 Å². The topological polar surface area (TPSA) is 9.23 Å². The second kappa shape index (κ2) is 16.0. The van der Waals surface area contributed by atoms with Crippen molar-refractivity contribution in [3.8, 4) is 0 Å². The van der Waals surface area contributed by atoms with Crippen LogP contribution in [0.3, 0.4) is 0 Å². The molecule has 170 valence electrons. The molecule has 0 bridgehead atoms. The van der Waals surface area contributed by atoms with E-state index in [4.69, 9.17) is 17.0 Å². The predicted molar refractivity (Wildman–Crippen MR) is 139 cm³/mol. The molecular formula is C29H42OS. The highest BCUT2D eigenvalue weighted by atomic mass is 32.1. The molecule has 2 aromatic carbocycles. The van der Waals surface area contributed by atoms with Gasteiger partial charge in [-0.3, -0.25) is 0 Å². The van der Waals surface area contributed by atoms with Crippen LogP contribution in [-0.4, -0.2) is 5.05 Å². The minimum Gasteiger partial charge on any atom is -0.482 e. The molecule has 0 fully saturated rings. The van der Waals surface area contributed by atoms with Crippen LogP contribution in [0, 0.1) is 5.92 Å². The van der Waals surface area contributed by atoms with Crippen LogP contribution >= 0.6 is 12.2 Å². The van der Waals surface area contributed by atoms with Gasteiger partial charge >= 0.3 is 0 Å². The summed E-state index contributed by atoms with van der Waals surface area (Å²) in [6.45, 7) is 4.99. The van der Waals surface area contributed by atoms with Crippen molar-refractivity contribution in [2.45, 2.75) is 97.5 Å². The molecule has 0 aliphatic rings. The van der Waals surface area contributed by atoms with E-state index in [9.17, 15) is 0 Å². The van der Waals surface area contributed by atoms with Crippen molar-refractivity contribution < 1.29 is 4.74 Å². The summed E-state index contributed by atoms with van der Waals surface area (Å²) in [5.41, 5.74) is 3.93. The summed E-state index contributed by atoms with van der Waals surface area (Å²) in [4.78, 5) is 0. The second-order valence-corrected chi connectivity index (χ2v) is 9.35. The molecule has 2 heteroatoms. The van der Waals surface area contributed by atoms with Crippen molar-refractivity contribution in [3.05, 3.63) is 71.3 Å². The molecule has 1 unspecified atom stereocenters. The monoisotopic (exact) mass is 438 g/mol. The van der Waals surface area contributed by atoms with Crippen molar-refractivity contribution >= 4 is 17.3 Å². The van der Waals surface area contributed by atoms with E-state index in [0.717, 1.165) is 6.42 Å². The van der Waals surface area contributed by atoms with Crippen LogP contribution in [0.4, 0.5) is 0 Å². The molecule has 0 radical (unpaired) electrons. The Hall–Kier alpha value is -1.67. The Morgan fingerprint density at radius 2 is 1.26 bits per heavy atom. The summed E-state index contributed by atoms with van der Waals surface area (Å²) in [5.74, 6) is 0.244. The van der Waals surface area contributed by atoms with Gasteiger partial charge in [-0.2, -0.15) is 0 Å². The molecule has 2 aromatic rings. The van der Waals surface area contributed by atoms with Crippen molar-refractivity contribution in [2.75, 3.05) is 0 Å². The van der Waals surface area contributed by atoms with Crippen molar-refractivity contribution in [3.63, 3.8) is 0 Å². The molecule has 0 amide bonds. The second-order valence-electron chi connectivity index (χ2n) is 8.95. The number of ether oxygens (including phenoxy) is 1. The van der Waals surface area contributed by atoms with Gasteiger partial charge < -0.3 is 4.74 Å². The highest BCUT2D eigenvalue weighted by Gasteiger charge is 2.11. The lowest BCUT2D eigenvalue weighted by molar-refractivity contribution is 0.280. The summed E-state index contributed by atoms with van der Waals surface area (Å²) in [7, 11) is 0. The van der Waals surface area contributed by atoms with E-state index in [2.05, 4.69) is 62.4 Å². The summed E-state index contributed by atoms with van der Waals surface area (Å²) in [6.07, 6.45) is 16.0. The maximum atomic E-state index is 5.90. The van der Waals surface area contributed by atoms with Crippen LogP contribution in [0.1, 0.15) is 94.7 Å². The van der Waals surface area contributed by atoms with Gasteiger partial charge in [-0.25, -0.2) is 0 Å². The van der Waals surface area contributed by atoms with Crippen molar-refractivity contribution in [1.29, 1.82) is 0 Å². The molecule has 0 aromatic heterocycles. The van der Waals surface area contributed by atoms with Gasteiger partial charge in [0.15, 0.2) is 5.05 Å². The van der Waals surface area contributed by atoms with E-state index >= 15 is 0 Å². The number of hydrogen-bond donors (Lipinski definition) is 0. The standard InChI is InChI=1S/C29H42OS/c1-3-4-5-6-7-8-9-10-11-13-16-26-19-21-28(22-20-26)24-30-29(31)25(2)23-27-17-14-12-15-18-27/h12,14-15,17-22,25H,3-11,13,16,23-24H2,1-2H3. The fourth-order valence-electron chi connectivity index (χ4n) is 3.97. The molecule has 2 rings (SSSR count). The Morgan fingerprint density at radius 3 is 1.87 bits per heavy atom. The zero-order valence-corrected chi connectivity index (χ0v) is 20.6. The lowest BCUT2D eigenvalue weighted by Crippen LogP contribution is -2.15. The lowest BCUT2D eigenvalue weighted by atomic mass is 10.0. The van der Waals surface area contributed by atoms with Gasteiger partial charge in [-0.1, -0.05) is 126 Å². The normalized spacial score (nSPS) is 11.9.